The summed E-state index contributed by atoms with van der Waals surface area (Å²) in [6.07, 6.45) is 2.84. The van der Waals surface area contributed by atoms with Crippen molar-refractivity contribution in [1.29, 1.82) is 0 Å². The van der Waals surface area contributed by atoms with Crippen molar-refractivity contribution in [1.82, 2.24) is 25.1 Å². The Bertz CT molecular complexity index is 2090. The molecule has 2 N–H and O–H groups in total. The quantitative estimate of drug-likeness (QED) is 0.146. The Labute approximate surface area is 330 Å². The molecule has 2 aliphatic rings. The Balaban J connectivity index is 1.26. The largest absolute Gasteiger partial charge is 0.496 e. The van der Waals surface area contributed by atoms with Crippen LogP contribution in [0.5, 0.6) is 11.6 Å². The van der Waals surface area contributed by atoms with Gasteiger partial charge in [-0.3, -0.25) is 19.5 Å². The molecule has 0 saturated carbocycles. The molecule has 6 rings (SSSR count). The number of carboxylic acid groups (broad SMARTS) is 1. The number of amides is 2. The average Bonchev–Trinajstić information content (AvgIpc) is 3.80. The second-order valence-corrected chi connectivity index (χ2v) is 15.6. The molecule has 2 aliphatic heterocycles. The maximum Gasteiger partial charge on any atom is 0.410 e. The van der Waals surface area contributed by atoms with Crippen LogP contribution in [0.3, 0.4) is 0 Å². The minimum Gasteiger partial charge on any atom is -0.496 e. The summed E-state index contributed by atoms with van der Waals surface area (Å²) < 4.78 is 17.2. The molecule has 0 spiro atoms. The number of likely N-dealkylation sites (tertiary alicyclic amines) is 1. The van der Waals surface area contributed by atoms with Gasteiger partial charge in [0.05, 0.1) is 48.1 Å². The number of nitrogens with zero attached hydrogens (tertiary/aromatic N) is 4. The van der Waals surface area contributed by atoms with Gasteiger partial charge in [-0.15, -0.1) is 0 Å². The SMILES string of the molecule is COc1cc(-c2nccc(-c3cccc(-c4ccc(CN(C[C@@H]5CCC(=O)N5)C(=O)OC(C)(C)C)c(OC)n4)c3Cl)c2Cl)ccc1CN1CC[C@H](C(=O)O)C1. The fourth-order valence-corrected chi connectivity index (χ4v) is 7.61. The highest BCUT2D eigenvalue weighted by Crippen LogP contribution is 2.42. The monoisotopic (exact) mass is 789 g/mol. The molecule has 14 heteroatoms. The number of carboxylic acids is 1. The molecule has 2 saturated heterocycles. The van der Waals surface area contributed by atoms with Crippen molar-refractivity contribution in [3.63, 3.8) is 0 Å². The molecule has 0 unspecified atom stereocenters. The lowest BCUT2D eigenvalue weighted by Gasteiger charge is -2.29. The Morgan fingerprint density at radius 2 is 1.73 bits per heavy atom. The second kappa shape index (κ2) is 16.8. The van der Waals surface area contributed by atoms with Gasteiger partial charge < -0.3 is 29.5 Å². The number of pyridine rings is 2. The Hall–Kier alpha value is -4.91. The highest BCUT2D eigenvalue weighted by molar-refractivity contribution is 6.39. The summed E-state index contributed by atoms with van der Waals surface area (Å²) in [6.45, 7) is 7.62. The molecule has 4 aromatic rings. The van der Waals surface area contributed by atoms with Crippen molar-refractivity contribution in [2.75, 3.05) is 33.9 Å². The van der Waals surface area contributed by atoms with E-state index in [0.29, 0.717) is 94.2 Å². The van der Waals surface area contributed by atoms with E-state index in [1.54, 1.807) is 39.0 Å². The van der Waals surface area contributed by atoms with Crippen LogP contribution in [-0.4, -0.2) is 88.3 Å². The predicted molar refractivity (Wildman–Crippen MR) is 210 cm³/mol. The lowest BCUT2D eigenvalue weighted by molar-refractivity contribution is -0.141. The van der Waals surface area contributed by atoms with E-state index in [4.69, 9.17) is 42.4 Å². The molecular weight excluding hydrogens is 745 g/mol. The van der Waals surface area contributed by atoms with E-state index in [2.05, 4.69) is 15.2 Å². The zero-order valence-electron chi connectivity index (χ0n) is 31.5. The van der Waals surface area contributed by atoms with Gasteiger partial charge in [-0.25, -0.2) is 9.78 Å². The number of methoxy groups -OCH3 is 2. The molecule has 2 atom stereocenters. The smallest absolute Gasteiger partial charge is 0.410 e. The van der Waals surface area contributed by atoms with Crippen LogP contribution in [0.2, 0.25) is 10.0 Å². The number of carbonyl (C=O) groups excluding carboxylic acids is 2. The van der Waals surface area contributed by atoms with E-state index in [1.165, 1.54) is 7.11 Å². The average molecular weight is 791 g/mol. The van der Waals surface area contributed by atoms with E-state index < -0.39 is 17.7 Å². The van der Waals surface area contributed by atoms with Crippen LogP contribution in [0.1, 0.15) is 51.2 Å². The molecular formula is C41H45Cl2N5O7. The summed E-state index contributed by atoms with van der Waals surface area (Å²) in [5, 5.41) is 13.2. The maximum atomic E-state index is 13.3. The summed E-state index contributed by atoms with van der Waals surface area (Å²) in [5.41, 5.74) is 4.74. The van der Waals surface area contributed by atoms with Gasteiger partial charge in [-0.1, -0.05) is 53.5 Å². The summed E-state index contributed by atoms with van der Waals surface area (Å²) in [7, 11) is 3.12. The minimum absolute atomic E-state index is 0.0387. The summed E-state index contributed by atoms with van der Waals surface area (Å²) in [6, 6.07) is 16.7. The Kier molecular flexibility index (Phi) is 12.2. The molecule has 290 valence electrons. The minimum atomic E-state index is -0.766. The number of hydrogen-bond acceptors (Lipinski definition) is 9. The van der Waals surface area contributed by atoms with Crippen molar-refractivity contribution >= 4 is 41.2 Å². The van der Waals surface area contributed by atoms with E-state index in [-0.39, 0.29) is 31.0 Å². The number of aliphatic carboxylic acids is 1. The zero-order valence-corrected chi connectivity index (χ0v) is 33.0. The molecule has 55 heavy (non-hydrogen) atoms. The third kappa shape index (κ3) is 9.32. The standard InChI is InChI=1S/C41H45Cl2N5O7/c1-41(2,3)55-40(52)48(23-28-12-14-34(49)45-28)22-26-11-13-32(46-38(26)54-5)31-8-6-7-29(35(31)42)30-15-17-44-37(36(30)43)24-9-10-25(33(19-24)53-4)20-47-18-16-27(21-47)39(50)51/h6-11,13,15,17,19,27-28H,12,14,16,18,20-23H2,1-5H3,(H,45,49)(H,50,51)/t27-,28-/m0/s1. The van der Waals surface area contributed by atoms with Crippen LogP contribution < -0.4 is 14.8 Å². The molecule has 12 nitrogen and oxygen atoms in total. The first-order valence-electron chi connectivity index (χ1n) is 18.1. The third-order valence-electron chi connectivity index (χ3n) is 9.70. The van der Waals surface area contributed by atoms with Gasteiger partial charge in [0, 0.05) is 71.7 Å². The first-order chi connectivity index (χ1) is 26.2. The van der Waals surface area contributed by atoms with E-state index in [0.717, 1.165) is 11.1 Å². The highest BCUT2D eigenvalue weighted by Gasteiger charge is 2.30. The lowest BCUT2D eigenvalue weighted by Crippen LogP contribution is -2.43. The number of hydrogen-bond donors (Lipinski definition) is 2. The van der Waals surface area contributed by atoms with Crippen molar-refractivity contribution in [2.24, 2.45) is 5.92 Å². The predicted octanol–water partition coefficient (Wildman–Crippen LogP) is 7.72. The van der Waals surface area contributed by atoms with Gasteiger partial charge in [0.25, 0.3) is 0 Å². The van der Waals surface area contributed by atoms with Crippen LogP contribution in [-0.2, 0) is 27.4 Å². The maximum absolute atomic E-state index is 13.3. The first-order valence-corrected chi connectivity index (χ1v) is 18.9. The normalized spacial score (nSPS) is 17.2. The molecule has 2 fully saturated rings. The van der Waals surface area contributed by atoms with Gasteiger partial charge in [0.2, 0.25) is 11.8 Å². The fraction of sp³-hybridized carbons (Fsp3) is 0.390. The van der Waals surface area contributed by atoms with Crippen molar-refractivity contribution < 1.29 is 33.7 Å². The third-order valence-corrected chi connectivity index (χ3v) is 10.5. The van der Waals surface area contributed by atoms with Crippen molar-refractivity contribution in [3.8, 4) is 45.3 Å². The first kappa shape index (κ1) is 39.8. The summed E-state index contributed by atoms with van der Waals surface area (Å²) in [4.78, 5) is 49.7. The summed E-state index contributed by atoms with van der Waals surface area (Å²) >= 11 is 14.2. The number of rotatable bonds is 12. The molecule has 4 heterocycles. The van der Waals surface area contributed by atoms with Crippen LogP contribution in [0.4, 0.5) is 4.79 Å². The molecule has 2 aromatic heterocycles. The Morgan fingerprint density at radius 3 is 2.40 bits per heavy atom. The van der Waals surface area contributed by atoms with Crippen LogP contribution in [0.25, 0.3) is 33.6 Å². The van der Waals surface area contributed by atoms with Gasteiger partial charge in [0.1, 0.15) is 11.4 Å². The van der Waals surface area contributed by atoms with Gasteiger partial charge in [-0.2, -0.15) is 0 Å². The topological polar surface area (TPSA) is 143 Å². The Morgan fingerprint density at radius 1 is 0.982 bits per heavy atom. The summed E-state index contributed by atoms with van der Waals surface area (Å²) in [5.74, 6) is -0.196. The lowest BCUT2D eigenvalue weighted by atomic mass is 9.99. The number of nitrogens with one attached hydrogen (secondary N) is 1. The van der Waals surface area contributed by atoms with Gasteiger partial charge in [0.15, 0.2) is 0 Å². The van der Waals surface area contributed by atoms with E-state index >= 15 is 0 Å². The molecule has 0 bridgehead atoms. The van der Waals surface area contributed by atoms with Crippen LogP contribution in [0, 0.1) is 5.92 Å². The number of halogens is 2. The number of carbonyl (C=O) groups is 3. The van der Waals surface area contributed by atoms with Crippen LogP contribution >= 0.6 is 23.2 Å². The molecule has 0 aliphatic carbocycles. The van der Waals surface area contributed by atoms with Gasteiger partial charge >= 0.3 is 12.1 Å². The molecule has 2 aromatic carbocycles. The number of aromatic nitrogens is 2. The number of ether oxygens (including phenoxy) is 3. The van der Waals surface area contributed by atoms with Crippen LogP contribution in [0.15, 0.2) is 60.8 Å². The van der Waals surface area contributed by atoms with E-state index in [1.807, 2.05) is 54.6 Å². The van der Waals surface area contributed by atoms with Crippen molar-refractivity contribution in [3.05, 3.63) is 82.0 Å². The van der Waals surface area contributed by atoms with E-state index in [9.17, 15) is 19.5 Å². The zero-order chi connectivity index (χ0) is 39.4. The molecule has 2 amide bonds. The van der Waals surface area contributed by atoms with Crippen molar-refractivity contribution in [2.45, 2.75) is 64.8 Å². The molecule has 0 radical (unpaired) electrons. The highest BCUT2D eigenvalue weighted by atomic mass is 35.5. The van der Waals surface area contributed by atoms with Gasteiger partial charge in [-0.05, 0) is 64.4 Å². The second-order valence-electron chi connectivity index (χ2n) is 14.8. The number of benzene rings is 2. The fourth-order valence-electron chi connectivity index (χ4n) is 6.96.